The lowest BCUT2D eigenvalue weighted by Gasteiger charge is -2.15. The van der Waals surface area contributed by atoms with Gasteiger partial charge >= 0.3 is 0 Å². The second-order valence-corrected chi connectivity index (χ2v) is 7.98. The number of halogens is 4. The first-order valence-electron chi connectivity index (χ1n) is 8.63. The molecule has 2 aromatic carbocycles. The molecule has 158 valence electrons. The van der Waals surface area contributed by atoms with E-state index in [4.69, 9.17) is 27.9 Å². The van der Waals surface area contributed by atoms with Gasteiger partial charge in [0.1, 0.15) is 17.4 Å². The average molecular weight is 473 g/mol. The summed E-state index contributed by atoms with van der Waals surface area (Å²) in [7, 11) is 1.73. The lowest BCUT2D eigenvalue weighted by Crippen LogP contribution is -2.16. The summed E-state index contributed by atoms with van der Waals surface area (Å²) < 4.78 is 34.1. The number of benzene rings is 2. The van der Waals surface area contributed by atoms with Crippen molar-refractivity contribution >= 4 is 46.6 Å². The molecule has 6 nitrogen and oxygen atoms in total. The Bertz CT molecular complexity index is 1080. The van der Waals surface area contributed by atoms with Crippen LogP contribution in [0.5, 0.6) is 5.75 Å². The van der Waals surface area contributed by atoms with Crippen LogP contribution in [0.1, 0.15) is 18.9 Å². The average Bonchev–Trinajstić information content (AvgIpc) is 3.06. The maximum Gasteiger partial charge on any atom is 0.234 e. The van der Waals surface area contributed by atoms with Gasteiger partial charge in [-0.15, -0.1) is 10.2 Å². The van der Waals surface area contributed by atoms with E-state index in [1.54, 1.807) is 36.7 Å². The summed E-state index contributed by atoms with van der Waals surface area (Å²) >= 11 is 13.2. The van der Waals surface area contributed by atoms with Crippen molar-refractivity contribution in [3.05, 3.63) is 63.9 Å². The van der Waals surface area contributed by atoms with Crippen LogP contribution in [0.3, 0.4) is 0 Å². The van der Waals surface area contributed by atoms with E-state index in [9.17, 15) is 13.6 Å². The van der Waals surface area contributed by atoms with Gasteiger partial charge in [0, 0.05) is 24.2 Å². The van der Waals surface area contributed by atoms with Crippen molar-refractivity contribution in [2.45, 2.75) is 18.2 Å². The van der Waals surface area contributed by atoms with Crippen LogP contribution in [0.15, 0.2) is 41.6 Å². The van der Waals surface area contributed by atoms with Gasteiger partial charge < -0.3 is 14.6 Å². The Balaban J connectivity index is 1.62. The van der Waals surface area contributed by atoms with Crippen LogP contribution >= 0.6 is 35.0 Å². The predicted molar refractivity (Wildman–Crippen MR) is 112 cm³/mol. The Morgan fingerprint density at radius 1 is 1.23 bits per heavy atom. The quantitative estimate of drug-likeness (QED) is 0.474. The summed E-state index contributed by atoms with van der Waals surface area (Å²) in [5.74, 6) is -1.15. The molecule has 1 aromatic heterocycles. The number of ether oxygens (including phenoxy) is 1. The molecule has 30 heavy (non-hydrogen) atoms. The highest BCUT2D eigenvalue weighted by molar-refractivity contribution is 7.99. The fourth-order valence-corrected chi connectivity index (χ4v) is 3.57. The van der Waals surface area contributed by atoms with Crippen LogP contribution in [0.4, 0.5) is 14.5 Å². The molecule has 0 fully saturated rings. The van der Waals surface area contributed by atoms with Crippen molar-refractivity contribution < 1.29 is 18.3 Å². The van der Waals surface area contributed by atoms with E-state index in [-0.39, 0.29) is 11.4 Å². The van der Waals surface area contributed by atoms with Gasteiger partial charge in [0.2, 0.25) is 5.91 Å². The van der Waals surface area contributed by atoms with Crippen LogP contribution < -0.4 is 10.1 Å². The Morgan fingerprint density at radius 2 is 2.00 bits per heavy atom. The van der Waals surface area contributed by atoms with Gasteiger partial charge in [0.25, 0.3) is 0 Å². The largest absolute Gasteiger partial charge is 0.481 e. The fraction of sp³-hybridized carbons (Fsp3) is 0.211. The van der Waals surface area contributed by atoms with E-state index in [2.05, 4.69) is 15.5 Å². The minimum absolute atomic E-state index is 0.0435. The standard InChI is InChI=1S/C19H16Cl2F2N4O2S/c1-10(29-16-7-11(20)3-5-13(16)21)18-25-26-19(27(18)2)30-9-17(28)24-15-6-4-12(22)8-14(15)23/h3-8,10H,9H2,1-2H3,(H,24,28). The summed E-state index contributed by atoms with van der Waals surface area (Å²) in [5.41, 5.74) is -0.0962. The molecule has 0 radical (unpaired) electrons. The van der Waals surface area contributed by atoms with Gasteiger partial charge in [0.15, 0.2) is 17.1 Å². The molecule has 1 unspecified atom stereocenters. The molecule has 3 aromatic rings. The van der Waals surface area contributed by atoms with Crippen molar-refractivity contribution in [3.8, 4) is 5.75 Å². The van der Waals surface area contributed by atoms with E-state index >= 15 is 0 Å². The lowest BCUT2D eigenvalue weighted by atomic mass is 10.3. The zero-order valence-electron chi connectivity index (χ0n) is 15.8. The molecule has 0 aliphatic heterocycles. The van der Waals surface area contributed by atoms with Gasteiger partial charge in [0.05, 0.1) is 16.5 Å². The zero-order valence-corrected chi connectivity index (χ0v) is 18.2. The molecule has 0 saturated heterocycles. The second-order valence-electron chi connectivity index (χ2n) is 6.20. The van der Waals surface area contributed by atoms with Crippen molar-refractivity contribution in [2.24, 2.45) is 7.05 Å². The van der Waals surface area contributed by atoms with Crippen LogP contribution in [-0.2, 0) is 11.8 Å². The third-order valence-electron chi connectivity index (χ3n) is 3.97. The first-order valence-corrected chi connectivity index (χ1v) is 10.4. The van der Waals surface area contributed by atoms with E-state index in [1.165, 1.54) is 0 Å². The molecular formula is C19H16Cl2F2N4O2S. The first kappa shape index (κ1) is 22.3. The number of thioether (sulfide) groups is 1. The van der Waals surface area contributed by atoms with Crippen molar-refractivity contribution in [1.29, 1.82) is 0 Å². The minimum atomic E-state index is -0.847. The topological polar surface area (TPSA) is 69.0 Å². The van der Waals surface area contributed by atoms with Crippen LogP contribution in [0.2, 0.25) is 10.0 Å². The van der Waals surface area contributed by atoms with Gasteiger partial charge in [-0.25, -0.2) is 8.78 Å². The predicted octanol–water partition coefficient (Wildman–Crippen LogP) is 5.27. The molecule has 0 aliphatic carbocycles. The number of nitrogens with zero attached hydrogens (tertiary/aromatic N) is 3. The van der Waals surface area contributed by atoms with Gasteiger partial charge in [-0.1, -0.05) is 35.0 Å². The lowest BCUT2D eigenvalue weighted by molar-refractivity contribution is -0.113. The maximum atomic E-state index is 13.6. The highest BCUT2D eigenvalue weighted by atomic mass is 35.5. The molecule has 3 rings (SSSR count). The number of anilines is 1. The number of carbonyl (C=O) groups excluding carboxylic acids is 1. The highest BCUT2D eigenvalue weighted by Gasteiger charge is 2.19. The van der Waals surface area contributed by atoms with Gasteiger partial charge in [-0.2, -0.15) is 0 Å². The fourth-order valence-electron chi connectivity index (χ4n) is 2.52. The second kappa shape index (κ2) is 9.63. The molecule has 0 saturated carbocycles. The molecule has 1 amide bonds. The number of hydrogen-bond acceptors (Lipinski definition) is 5. The zero-order chi connectivity index (χ0) is 21.8. The maximum absolute atomic E-state index is 13.6. The highest BCUT2D eigenvalue weighted by Crippen LogP contribution is 2.31. The van der Waals surface area contributed by atoms with Crippen molar-refractivity contribution in [1.82, 2.24) is 14.8 Å². The summed E-state index contributed by atoms with van der Waals surface area (Å²) in [5, 5.41) is 11.9. The normalized spacial score (nSPS) is 11.9. The minimum Gasteiger partial charge on any atom is -0.481 e. The molecule has 1 N–H and O–H groups in total. The molecular weight excluding hydrogens is 457 g/mol. The molecule has 0 aliphatic rings. The number of aromatic nitrogens is 3. The third-order valence-corrected chi connectivity index (χ3v) is 5.53. The number of hydrogen-bond donors (Lipinski definition) is 1. The number of nitrogens with one attached hydrogen (secondary N) is 1. The summed E-state index contributed by atoms with van der Waals surface area (Å²) in [6.07, 6.45) is -0.491. The number of amides is 1. The summed E-state index contributed by atoms with van der Waals surface area (Å²) in [6, 6.07) is 7.81. The number of carbonyl (C=O) groups is 1. The van der Waals surface area contributed by atoms with E-state index < -0.39 is 23.6 Å². The van der Waals surface area contributed by atoms with Gasteiger partial charge in [-0.05, 0) is 31.2 Å². The summed E-state index contributed by atoms with van der Waals surface area (Å²) in [4.78, 5) is 12.1. The first-order chi connectivity index (χ1) is 14.2. The SMILES string of the molecule is CC(Oc1cc(Cl)ccc1Cl)c1nnc(SCC(=O)Nc2ccc(F)cc2F)n1C. The molecule has 1 heterocycles. The monoisotopic (exact) mass is 472 g/mol. The van der Waals surface area contributed by atoms with Gasteiger partial charge in [-0.3, -0.25) is 4.79 Å². The Labute approximate surface area is 185 Å². The van der Waals surface area contributed by atoms with Crippen LogP contribution in [0, 0.1) is 11.6 Å². The Hall–Kier alpha value is -2.36. The Morgan fingerprint density at radius 3 is 2.73 bits per heavy atom. The smallest absolute Gasteiger partial charge is 0.234 e. The van der Waals surface area contributed by atoms with Crippen molar-refractivity contribution in [2.75, 3.05) is 11.1 Å². The van der Waals surface area contributed by atoms with Crippen LogP contribution in [-0.4, -0.2) is 26.4 Å². The van der Waals surface area contributed by atoms with Crippen molar-refractivity contribution in [3.63, 3.8) is 0 Å². The number of rotatable bonds is 7. The third kappa shape index (κ3) is 5.41. The molecule has 0 spiro atoms. The molecule has 0 bridgehead atoms. The molecule has 11 heteroatoms. The van der Waals surface area contributed by atoms with E-state index in [1.807, 2.05) is 0 Å². The molecule has 1 atom stereocenters. The van der Waals surface area contributed by atoms with E-state index in [0.29, 0.717) is 32.8 Å². The van der Waals surface area contributed by atoms with E-state index in [0.717, 1.165) is 23.9 Å². The van der Waals surface area contributed by atoms with Crippen LogP contribution in [0.25, 0.3) is 0 Å². The summed E-state index contributed by atoms with van der Waals surface area (Å²) in [6.45, 7) is 1.78. The Kier molecular flexibility index (Phi) is 7.17.